The molecule has 3 rings (SSSR count). The summed E-state index contributed by atoms with van der Waals surface area (Å²) in [6.45, 7) is 4.58. The van der Waals surface area contributed by atoms with Gasteiger partial charge in [-0.2, -0.15) is 0 Å². The molecule has 20 heavy (non-hydrogen) atoms. The maximum absolute atomic E-state index is 5.69. The van der Waals surface area contributed by atoms with Gasteiger partial charge in [0.2, 0.25) is 0 Å². The van der Waals surface area contributed by atoms with Crippen LogP contribution >= 0.6 is 11.3 Å². The second kappa shape index (κ2) is 5.05. The van der Waals surface area contributed by atoms with Crippen LogP contribution in [-0.4, -0.2) is 20.0 Å². The first-order valence-corrected chi connectivity index (χ1v) is 7.18. The lowest BCUT2D eigenvalue weighted by atomic mass is 10.2. The molecule has 1 aromatic carbocycles. The van der Waals surface area contributed by atoms with Crippen LogP contribution in [0, 0.1) is 13.8 Å². The summed E-state index contributed by atoms with van der Waals surface area (Å²) < 4.78 is 1.77. The Balaban J connectivity index is 1.83. The fourth-order valence-electron chi connectivity index (χ4n) is 1.89. The number of aryl methyl sites for hydroxylation is 1. The third kappa shape index (κ3) is 2.42. The van der Waals surface area contributed by atoms with Crippen molar-refractivity contribution < 1.29 is 0 Å². The van der Waals surface area contributed by atoms with Crippen LogP contribution in [0.25, 0.3) is 10.6 Å². The van der Waals surface area contributed by atoms with Crippen molar-refractivity contribution in [2.24, 2.45) is 0 Å². The molecule has 0 bridgehead atoms. The molecule has 0 aliphatic carbocycles. The molecule has 102 valence electrons. The largest absolute Gasteiger partial charge is 0.381 e. The standard InChI is InChI=1S/C14H15N5S/c1-9-3-5-11(6-4-9)14-16-12(8-20-14)7-19-10(2)13(15)17-18-19/h3-6,8H,7,15H2,1-2H3. The van der Waals surface area contributed by atoms with Gasteiger partial charge in [-0.3, -0.25) is 0 Å². The van der Waals surface area contributed by atoms with Gasteiger partial charge in [-0.15, -0.1) is 16.4 Å². The van der Waals surface area contributed by atoms with Gasteiger partial charge in [0.25, 0.3) is 0 Å². The molecule has 2 N–H and O–H groups in total. The number of thiazole rings is 1. The summed E-state index contributed by atoms with van der Waals surface area (Å²) in [5.74, 6) is 0.471. The van der Waals surface area contributed by atoms with Crippen molar-refractivity contribution >= 4 is 17.2 Å². The molecule has 0 saturated heterocycles. The molecule has 2 heterocycles. The van der Waals surface area contributed by atoms with Gasteiger partial charge in [-0.05, 0) is 13.8 Å². The molecule has 0 atom stereocenters. The number of nitrogens with zero attached hydrogens (tertiary/aromatic N) is 4. The molecule has 0 saturated carbocycles. The first-order valence-electron chi connectivity index (χ1n) is 6.30. The number of nitrogen functional groups attached to an aromatic ring is 1. The molecular weight excluding hydrogens is 270 g/mol. The number of nitrogens with two attached hydrogens (primary N) is 1. The van der Waals surface area contributed by atoms with E-state index in [0.717, 1.165) is 22.0 Å². The van der Waals surface area contributed by atoms with E-state index in [-0.39, 0.29) is 0 Å². The predicted molar refractivity (Wildman–Crippen MR) is 80.6 cm³/mol. The number of hydrogen-bond acceptors (Lipinski definition) is 5. The molecule has 0 fully saturated rings. The van der Waals surface area contributed by atoms with E-state index in [1.54, 1.807) is 16.0 Å². The Morgan fingerprint density at radius 3 is 2.60 bits per heavy atom. The smallest absolute Gasteiger partial charge is 0.168 e. The number of anilines is 1. The van der Waals surface area contributed by atoms with Crippen LogP contribution in [0.4, 0.5) is 5.82 Å². The molecule has 0 aliphatic heterocycles. The quantitative estimate of drug-likeness (QED) is 0.803. The summed E-state index contributed by atoms with van der Waals surface area (Å²) in [7, 11) is 0. The highest BCUT2D eigenvalue weighted by atomic mass is 32.1. The minimum atomic E-state index is 0.471. The zero-order valence-corrected chi connectivity index (χ0v) is 12.2. The van der Waals surface area contributed by atoms with Gasteiger partial charge in [0, 0.05) is 10.9 Å². The Bertz CT molecular complexity index is 726. The van der Waals surface area contributed by atoms with Crippen molar-refractivity contribution in [3.05, 3.63) is 46.6 Å². The number of benzene rings is 1. The highest BCUT2D eigenvalue weighted by Gasteiger charge is 2.09. The number of hydrogen-bond donors (Lipinski definition) is 1. The van der Waals surface area contributed by atoms with Gasteiger partial charge >= 0.3 is 0 Å². The van der Waals surface area contributed by atoms with E-state index in [0.29, 0.717) is 12.4 Å². The first-order chi connectivity index (χ1) is 9.63. The van der Waals surface area contributed by atoms with Crippen molar-refractivity contribution in [1.29, 1.82) is 0 Å². The van der Waals surface area contributed by atoms with Crippen molar-refractivity contribution in [2.45, 2.75) is 20.4 Å². The Hall–Kier alpha value is -2.21. The Morgan fingerprint density at radius 2 is 1.95 bits per heavy atom. The van der Waals surface area contributed by atoms with Crippen molar-refractivity contribution in [2.75, 3.05) is 5.73 Å². The first kappa shape index (κ1) is 12.8. The van der Waals surface area contributed by atoms with Crippen molar-refractivity contribution in [1.82, 2.24) is 20.0 Å². The summed E-state index contributed by atoms with van der Waals surface area (Å²) in [5.41, 5.74) is 9.92. The third-order valence-electron chi connectivity index (χ3n) is 3.18. The second-order valence-corrected chi connectivity index (χ2v) is 5.59. The van der Waals surface area contributed by atoms with Gasteiger partial charge in [0.1, 0.15) is 5.01 Å². The van der Waals surface area contributed by atoms with Crippen LogP contribution < -0.4 is 5.73 Å². The van der Waals surface area contributed by atoms with Gasteiger partial charge < -0.3 is 5.73 Å². The van der Waals surface area contributed by atoms with Crippen molar-refractivity contribution in [3.8, 4) is 10.6 Å². The monoisotopic (exact) mass is 285 g/mol. The summed E-state index contributed by atoms with van der Waals surface area (Å²) in [6.07, 6.45) is 0. The SMILES string of the molecule is Cc1ccc(-c2nc(Cn3nnc(N)c3C)cs2)cc1. The topological polar surface area (TPSA) is 69.6 Å². The summed E-state index contributed by atoms with van der Waals surface area (Å²) in [4.78, 5) is 4.64. The molecule has 2 aromatic heterocycles. The van der Waals surface area contributed by atoms with Crippen LogP contribution in [0.2, 0.25) is 0 Å². The van der Waals surface area contributed by atoms with Gasteiger partial charge in [0.15, 0.2) is 5.82 Å². The van der Waals surface area contributed by atoms with Gasteiger partial charge in [0.05, 0.1) is 17.9 Å². The average molecular weight is 285 g/mol. The molecular formula is C14H15N5S. The average Bonchev–Trinajstić information content (AvgIpc) is 3.02. The fraction of sp³-hybridized carbons (Fsp3) is 0.214. The Kier molecular flexibility index (Phi) is 3.23. The molecule has 5 nitrogen and oxygen atoms in total. The molecule has 0 aliphatic rings. The minimum absolute atomic E-state index is 0.471. The molecule has 0 unspecified atom stereocenters. The minimum Gasteiger partial charge on any atom is -0.381 e. The molecule has 0 radical (unpaired) electrons. The molecule has 6 heteroatoms. The highest BCUT2D eigenvalue weighted by molar-refractivity contribution is 7.13. The van der Waals surface area contributed by atoms with Crippen LogP contribution in [0.1, 0.15) is 17.0 Å². The van der Waals surface area contributed by atoms with E-state index in [1.807, 2.05) is 12.3 Å². The normalized spacial score (nSPS) is 10.9. The van der Waals surface area contributed by atoms with Crippen LogP contribution in [0.3, 0.4) is 0 Å². The van der Waals surface area contributed by atoms with Crippen LogP contribution in [0.15, 0.2) is 29.6 Å². The van der Waals surface area contributed by atoms with E-state index in [2.05, 4.69) is 46.5 Å². The molecule has 0 amide bonds. The zero-order chi connectivity index (χ0) is 14.1. The fourth-order valence-corrected chi connectivity index (χ4v) is 2.70. The zero-order valence-electron chi connectivity index (χ0n) is 11.4. The van der Waals surface area contributed by atoms with Crippen molar-refractivity contribution in [3.63, 3.8) is 0 Å². The van der Waals surface area contributed by atoms with Gasteiger partial charge in [-0.1, -0.05) is 35.0 Å². The Morgan fingerprint density at radius 1 is 1.20 bits per heavy atom. The number of aromatic nitrogens is 4. The lowest BCUT2D eigenvalue weighted by Gasteiger charge is -2.00. The summed E-state index contributed by atoms with van der Waals surface area (Å²) in [5, 5.41) is 10.9. The maximum atomic E-state index is 5.69. The van der Waals surface area contributed by atoms with Crippen LogP contribution in [0.5, 0.6) is 0 Å². The predicted octanol–water partition coefficient (Wildman–Crippen LogP) is 2.65. The van der Waals surface area contributed by atoms with Crippen LogP contribution in [-0.2, 0) is 6.54 Å². The number of rotatable bonds is 3. The summed E-state index contributed by atoms with van der Waals surface area (Å²) in [6, 6.07) is 8.38. The van der Waals surface area contributed by atoms with E-state index < -0.39 is 0 Å². The Labute approximate surface area is 121 Å². The molecule has 3 aromatic rings. The van der Waals surface area contributed by atoms with E-state index >= 15 is 0 Å². The van der Waals surface area contributed by atoms with E-state index in [1.165, 1.54) is 5.56 Å². The summed E-state index contributed by atoms with van der Waals surface area (Å²) >= 11 is 1.64. The van der Waals surface area contributed by atoms with E-state index in [9.17, 15) is 0 Å². The lowest BCUT2D eigenvalue weighted by Crippen LogP contribution is -2.04. The maximum Gasteiger partial charge on any atom is 0.168 e. The second-order valence-electron chi connectivity index (χ2n) is 4.73. The van der Waals surface area contributed by atoms with E-state index in [4.69, 9.17) is 5.73 Å². The lowest BCUT2D eigenvalue weighted by molar-refractivity contribution is 0.625. The third-order valence-corrected chi connectivity index (χ3v) is 4.12. The molecule has 0 spiro atoms. The highest BCUT2D eigenvalue weighted by Crippen LogP contribution is 2.24. The van der Waals surface area contributed by atoms with Gasteiger partial charge in [-0.25, -0.2) is 9.67 Å².